The minimum atomic E-state index is -0.263. The molecule has 2 atom stereocenters. The molecule has 0 saturated carbocycles. The van der Waals surface area contributed by atoms with Crippen molar-refractivity contribution in [3.05, 3.63) is 71.5 Å². The Morgan fingerprint density at radius 2 is 2.13 bits per heavy atom. The van der Waals surface area contributed by atoms with Gasteiger partial charge in [0.1, 0.15) is 11.3 Å². The number of carbonyl (C=O) groups excluding carboxylic acids is 1. The van der Waals surface area contributed by atoms with E-state index >= 15 is 0 Å². The molecule has 2 bridgehead atoms. The summed E-state index contributed by atoms with van der Waals surface area (Å²) in [4.78, 5) is 19.9. The second-order valence-corrected chi connectivity index (χ2v) is 8.39. The fourth-order valence-corrected chi connectivity index (χ4v) is 5.26. The van der Waals surface area contributed by atoms with E-state index in [9.17, 15) is 9.18 Å². The Morgan fingerprint density at radius 1 is 1.23 bits per heavy atom. The lowest BCUT2D eigenvalue weighted by Crippen LogP contribution is -2.49. The molecule has 2 aliphatic rings. The number of aromatic nitrogens is 3. The van der Waals surface area contributed by atoms with Gasteiger partial charge in [-0.1, -0.05) is 12.1 Å². The number of hydrogen-bond acceptors (Lipinski definition) is 4. The van der Waals surface area contributed by atoms with Gasteiger partial charge in [0.15, 0.2) is 5.58 Å². The van der Waals surface area contributed by atoms with Crippen molar-refractivity contribution < 1.29 is 13.6 Å². The van der Waals surface area contributed by atoms with E-state index < -0.39 is 0 Å². The maximum absolute atomic E-state index is 13.9. The first-order valence-electron chi connectivity index (χ1n) is 10.6. The third-order valence-electron chi connectivity index (χ3n) is 6.56. The van der Waals surface area contributed by atoms with Gasteiger partial charge < -0.3 is 9.32 Å². The molecule has 6 nitrogen and oxygen atoms in total. The van der Waals surface area contributed by atoms with E-state index in [2.05, 4.69) is 4.98 Å². The van der Waals surface area contributed by atoms with E-state index in [1.807, 2.05) is 22.7 Å². The standard InChI is InChI=1S/C24H21FN4O2/c1-28-23(14-4-2-5-16(25)10-14)18-12-17-6-3-7-20(22(18)27-28)29(17)24(30)15-11-21-19(26-13-15)8-9-31-21/h2,4-5,8-11,13,17,20H,3,6-7,12H2,1H3. The van der Waals surface area contributed by atoms with Crippen molar-refractivity contribution >= 4 is 17.0 Å². The molecule has 0 aliphatic carbocycles. The molecule has 1 aromatic carbocycles. The van der Waals surface area contributed by atoms with E-state index in [0.717, 1.165) is 47.3 Å². The summed E-state index contributed by atoms with van der Waals surface area (Å²) in [5, 5.41) is 4.81. The second kappa shape index (κ2) is 6.77. The van der Waals surface area contributed by atoms with Gasteiger partial charge in [0, 0.05) is 36.5 Å². The molecular weight excluding hydrogens is 395 g/mol. The van der Waals surface area contributed by atoms with Crippen LogP contribution < -0.4 is 0 Å². The molecule has 7 heteroatoms. The van der Waals surface area contributed by atoms with Gasteiger partial charge in [-0.15, -0.1) is 0 Å². The van der Waals surface area contributed by atoms with E-state index in [-0.39, 0.29) is 23.8 Å². The van der Waals surface area contributed by atoms with Crippen molar-refractivity contribution in [3.63, 3.8) is 0 Å². The monoisotopic (exact) mass is 416 g/mol. The first-order chi connectivity index (χ1) is 15.1. The van der Waals surface area contributed by atoms with E-state index in [1.54, 1.807) is 36.7 Å². The number of hydrogen-bond donors (Lipinski definition) is 0. The highest BCUT2D eigenvalue weighted by molar-refractivity contribution is 5.97. The molecule has 2 aliphatic heterocycles. The lowest BCUT2D eigenvalue weighted by molar-refractivity contribution is 0.0391. The average Bonchev–Trinajstić information content (AvgIpc) is 3.36. The molecule has 3 aromatic heterocycles. The highest BCUT2D eigenvalue weighted by Gasteiger charge is 2.43. The van der Waals surface area contributed by atoms with Crippen LogP contribution in [-0.4, -0.2) is 31.6 Å². The summed E-state index contributed by atoms with van der Waals surface area (Å²) in [6.07, 6.45) is 6.78. The van der Waals surface area contributed by atoms with Gasteiger partial charge in [-0.3, -0.25) is 14.5 Å². The summed E-state index contributed by atoms with van der Waals surface area (Å²) in [5.74, 6) is -0.301. The zero-order valence-corrected chi connectivity index (χ0v) is 17.1. The fourth-order valence-electron chi connectivity index (χ4n) is 5.26. The number of piperidine rings is 1. The summed E-state index contributed by atoms with van der Waals surface area (Å²) in [6, 6.07) is 10.2. The smallest absolute Gasteiger partial charge is 0.256 e. The Hall–Kier alpha value is -3.48. The highest BCUT2D eigenvalue weighted by Crippen LogP contribution is 2.45. The van der Waals surface area contributed by atoms with E-state index in [0.29, 0.717) is 17.6 Å². The minimum absolute atomic E-state index is 0.0379. The number of aryl methyl sites for hydroxylation is 1. The Balaban J connectivity index is 1.43. The molecule has 1 fully saturated rings. The summed E-state index contributed by atoms with van der Waals surface area (Å²) in [5.41, 5.74) is 5.70. The molecule has 0 spiro atoms. The number of benzene rings is 1. The van der Waals surface area contributed by atoms with Gasteiger partial charge in [-0.2, -0.15) is 5.10 Å². The topological polar surface area (TPSA) is 64.2 Å². The van der Waals surface area contributed by atoms with Crippen molar-refractivity contribution in [2.75, 3.05) is 0 Å². The van der Waals surface area contributed by atoms with Crippen LogP contribution in [0.15, 0.2) is 53.3 Å². The molecule has 31 heavy (non-hydrogen) atoms. The van der Waals surface area contributed by atoms with Crippen molar-refractivity contribution in [1.29, 1.82) is 0 Å². The normalized spacial score (nSPS) is 20.1. The number of rotatable bonds is 2. The van der Waals surface area contributed by atoms with Gasteiger partial charge >= 0.3 is 0 Å². The number of amides is 1. The van der Waals surface area contributed by atoms with E-state index in [1.165, 1.54) is 6.07 Å². The fraction of sp³-hybridized carbons (Fsp3) is 0.292. The van der Waals surface area contributed by atoms with Crippen molar-refractivity contribution in [2.24, 2.45) is 7.05 Å². The maximum Gasteiger partial charge on any atom is 0.256 e. The first kappa shape index (κ1) is 18.3. The van der Waals surface area contributed by atoms with Crippen molar-refractivity contribution in [2.45, 2.75) is 37.8 Å². The zero-order valence-electron chi connectivity index (χ0n) is 17.1. The highest BCUT2D eigenvalue weighted by atomic mass is 19.1. The minimum Gasteiger partial charge on any atom is -0.463 e. The molecule has 0 N–H and O–H groups in total. The molecule has 1 amide bonds. The molecule has 5 heterocycles. The van der Waals surface area contributed by atoms with Gasteiger partial charge in [-0.25, -0.2) is 4.39 Å². The number of pyridine rings is 1. The van der Waals surface area contributed by atoms with Gasteiger partial charge in [0.25, 0.3) is 5.91 Å². The maximum atomic E-state index is 13.9. The van der Waals surface area contributed by atoms with Crippen LogP contribution in [0.4, 0.5) is 4.39 Å². The zero-order chi connectivity index (χ0) is 21.1. The largest absolute Gasteiger partial charge is 0.463 e. The second-order valence-electron chi connectivity index (χ2n) is 8.39. The number of fused-ring (bicyclic) bond motifs is 5. The number of halogens is 1. The number of nitrogens with zero attached hydrogens (tertiary/aromatic N) is 4. The van der Waals surface area contributed by atoms with Crippen molar-refractivity contribution in [1.82, 2.24) is 19.7 Å². The predicted octanol–water partition coefficient (Wildman–Crippen LogP) is 4.66. The van der Waals surface area contributed by atoms with E-state index in [4.69, 9.17) is 9.52 Å². The molecule has 6 rings (SSSR count). The quantitative estimate of drug-likeness (QED) is 0.477. The van der Waals surface area contributed by atoms with Crippen LogP contribution in [0, 0.1) is 5.82 Å². The van der Waals surface area contributed by atoms with Gasteiger partial charge in [0.2, 0.25) is 0 Å². The third-order valence-corrected chi connectivity index (χ3v) is 6.56. The SMILES string of the molecule is Cn1nc2c(c1-c1cccc(F)c1)CC1CCCC2N1C(=O)c1cnc2ccoc2c1. The summed E-state index contributed by atoms with van der Waals surface area (Å²) < 4.78 is 21.2. The Kier molecular flexibility index (Phi) is 4.00. The molecule has 156 valence electrons. The van der Waals surface area contributed by atoms with Crippen LogP contribution in [0.3, 0.4) is 0 Å². The molecular formula is C24H21FN4O2. The van der Waals surface area contributed by atoms with Crippen molar-refractivity contribution in [3.8, 4) is 11.3 Å². The average molecular weight is 416 g/mol. The van der Waals surface area contributed by atoms with Gasteiger partial charge in [0.05, 0.1) is 29.3 Å². The lowest BCUT2D eigenvalue weighted by Gasteiger charge is -2.45. The molecule has 4 aromatic rings. The van der Waals surface area contributed by atoms with Crippen LogP contribution in [0.1, 0.15) is 46.9 Å². The molecule has 2 unspecified atom stereocenters. The first-order valence-corrected chi connectivity index (χ1v) is 10.6. The Bertz CT molecular complexity index is 1320. The third kappa shape index (κ3) is 2.80. The van der Waals surface area contributed by atoms with Crippen LogP contribution in [-0.2, 0) is 13.5 Å². The van der Waals surface area contributed by atoms with Crippen LogP contribution in [0.25, 0.3) is 22.4 Å². The predicted molar refractivity (Wildman–Crippen MR) is 113 cm³/mol. The summed E-state index contributed by atoms with van der Waals surface area (Å²) >= 11 is 0. The Morgan fingerprint density at radius 3 is 3.00 bits per heavy atom. The molecule has 0 radical (unpaired) electrons. The van der Waals surface area contributed by atoms with Crippen LogP contribution in [0.5, 0.6) is 0 Å². The Labute approximate surface area is 178 Å². The summed E-state index contributed by atoms with van der Waals surface area (Å²) in [6.45, 7) is 0. The number of carbonyl (C=O) groups is 1. The molecule has 1 saturated heterocycles. The summed E-state index contributed by atoms with van der Waals surface area (Å²) in [7, 11) is 1.89. The van der Waals surface area contributed by atoms with Crippen LogP contribution >= 0.6 is 0 Å². The van der Waals surface area contributed by atoms with Gasteiger partial charge in [-0.05, 0) is 43.9 Å². The number of furan rings is 1. The lowest BCUT2D eigenvalue weighted by atomic mass is 9.81. The van der Waals surface area contributed by atoms with Crippen LogP contribution in [0.2, 0.25) is 0 Å².